The topological polar surface area (TPSA) is 15.6 Å². The van der Waals surface area contributed by atoms with Gasteiger partial charge in [0.1, 0.15) is 0 Å². The van der Waals surface area contributed by atoms with Crippen LogP contribution in [-0.2, 0) is 0 Å². The van der Waals surface area contributed by atoms with Gasteiger partial charge in [0, 0.05) is 18.5 Å². The molecule has 0 spiro atoms. The van der Waals surface area contributed by atoms with E-state index in [2.05, 4.69) is 36.4 Å². The van der Waals surface area contributed by atoms with Crippen molar-refractivity contribution in [3.05, 3.63) is 35.8 Å². The van der Waals surface area contributed by atoms with Crippen LogP contribution in [0.4, 0.5) is 0 Å². The Bertz CT molecular complexity index is 295. The monoisotopic (exact) mass is 176 g/mol. The Balaban J connectivity index is 2.97. The second-order valence-corrected chi connectivity index (χ2v) is 3.02. The second kappa shape index (κ2) is 4.08. The molecule has 0 fully saturated rings. The number of hydrogen-bond donors (Lipinski definition) is 0. The molecule has 0 aromatic heterocycles. The van der Waals surface area contributed by atoms with Gasteiger partial charge in [-0.25, -0.2) is 0 Å². The lowest BCUT2D eigenvalue weighted by Crippen LogP contribution is -2.20. The van der Waals surface area contributed by atoms with E-state index in [0.717, 1.165) is 12.2 Å². The minimum atomic E-state index is 0.874. The minimum Gasteiger partial charge on any atom is -0.348 e. The van der Waals surface area contributed by atoms with Gasteiger partial charge in [-0.2, -0.15) is 0 Å². The summed E-state index contributed by atoms with van der Waals surface area (Å²) in [5.41, 5.74) is 3.54. The first-order valence-corrected chi connectivity index (χ1v) is 4.46. The van der Waals surface area contributed by atoms with Crippen LogP contribution >= 0.6 is 0 Å². The van der Waals surface area contributed by atoms with Crippen molar-refractivity contribution in [1.82, 2.24) is 4.90 Å². The van der Waals surface area contributed by atoms with E-state index in [4.69, 9.17) is 0 Å². The maximum absolute atomic E-state index is 4.30. The van der Waals surface area contributed by atoms with Gasteiger partial charge >= 0.3 is 0 Å². The molecular weight excluding hydrogens is 160 g/mol. The van der Waals surface area contributed by atoms with Gasteiger partial charge in [0.2, 0.25) is 0 Å². The van der Waals surface area contributed by atoms with Crippen LogP contribution in [0.1, 0.15) is 20.8 Å². The molecule has 1 aliphatic heterocycles. The summed E-state index contributed by atoms with van der Waals surface area (Å²) in [7, 11) is 0. The molecule has 2 heteroatoms. The van der Waals surface area contributed by atoms with Crippen molar-refractivity contribution in [3.63, 3.8) is 0 Å². The van der Waals surface area contributed by atoms with E-state index in [-0.39, 0.29) is 0 Å². The van der Waals surface area contributed by atoms with Gasteiger partial charge in [-0.05, 0) is 38.6 Å². The maximum Gasteiger partial charge on any atom is 0.0649 e. The lowest BCUT2D eigenvalue weighted by molar-refractivity contribution is 0.503. The predicted octanol–water partition coefficient (Wildman–Crippen LogP) is 2.71. The summed E-state index contributed by atoms with van der Waals surface area (Å²) in [6.45, 7) is 10.8. The van der Waals surface area contributed by atoms with Crippen LogP contribution in [0.3, 0.4) is 0 Å². The second-order valence-electron chi connectivity index (χ2n) is 3.02. The number of rotatable bonds is 2. The number of hydrogen-bond acceptors (Lipinski definition) is 2. The Hall–Kier alpha value is -1.31. The molecule has 13 heavy (non-hydrogen) atoms. The average molecular weight is 176 g/mol. The molecule has 0 atom stereocenters. The Labute approximate surface area is 80.0 Å². The molecule has 70 valence electrons. The van der Waals surface area contributed by atoms with Crippen molar-refractivity contribution >= 4 is 6.21 Å². The molecule has 2 nitrogen and oxygen atoms in total. The normalized spacial score (nSPS) is 18.1. The summed E-state index contributed by atoms with van der Waals surface area (Å²) in [5, 5.41) is 0. The van der Waals surface area contributed by atoms with Crippen LogP contribution in [0.15, 0.2) is 40.8 Å². The van der Waals surface area contributed by atoms with Crippen molar-refractivity contribution < 1.29 is 0 Å². The molecule has 0 radical (unpaired) electrons. The third-order valence-electron chi connectivity index (χ3n) is 2.33. The van der Waals surface area contributed by atoms with Crippen LogP contribution in [0, 0.1) is 0 Å². The SMILES string of the molecule is C=CN1CC=C(N=CC)C(C)=C1C. The lowest BCUT2D eigenvalue weighted by Gasteiger charge is -2.25. The van der Waals surface area contributed by atoms with Gasteiger partial charge in [0.05, 0.1) is 5.70 Å². The average Bonchev–Trinajstić information content (AvgIpc) is 2.14. The maximum atomic E-state index is 4.30. The number of allylic oxidation sites excluding steroid dienone is 2. The van der Waals surface area contributed by atoms with Gasteiger partial charge < -0.3 is 4.90 Å². The molecule has 0 bridgehead atoms. The molecule has 1 rings (SSSR count). The molecule has 0 saturated carbocycles. The largest absolute Gasteiger partial charge is 0.348 e. The third kappa shape index (κ3) is 1.89. The number of nitrogens with zero attached hydrogens (tertiary/aromatic N) is 2. The Morgan fingerprint density at radius 1 is 1.54 bits per heavy atom. The van der Waals surface area contributed by atoms with E-state index in [1.807, 2.05) is 19.3 Å². The van der Waals surface area contributed by atoms with Crippen molar-refractivity contribution in [1.29, 1.82) is 0 Å². The highest BCUT2D eigenvalue weighted by Crippen LogP contribution is 2.23. The summed E-state index contributed by atoms with van der Waals surface area (Å²) in [4.78, 5) is 6.42. The highest BCUT2D eigenvalue weighted by Gasteiger charge is 2.12. The molecule has 0 amide bonds. The summed E-state index contributed by atoms with van der Waals surface area (Å²) in [6, 6.07) is 0. The van der Waals surface area contributed by atoms with Crippen molar-refractivity contribution in [2.75, 3.05) is 6.54 Å². The molecule has 0 aromatic carbocycles. The quantitative estimate of drug-likeness (QED) is 0.591. The minimum absolute atomic E-state index is 0.874. The Morgan fingerprint density at radius 2 is 2.23 bits per heavy atom. The van der Waals surface area contributed by atoms with Crippen LogP contribution in [-0.4, -0.2) is 17.7 Å². The van der Waals surface area contributed by atoms with Crippen LogP contribution in [0.25, 0.3) is 0 Å². The first-order valence-electron chi connectivity index (χ1n) is 4.46. The first kappa shape index (κ1) is 9.78. The van der Waals surface area contributed by atoms with Gasteiger partial charge in [-0.3, -0.25) is 4.99 Å². The molecule has 0 aliphatic carbocycles. The Kier molecular flexibility index (Phi) is 3.07. The van der Waals surface area contributed by atoms with Crippen molar-refractivity contribution in [3.8, 4) is 0 Å². The zero-order chi connectivity index (χ0) is 9.84. The van der Waals surface area contributed by atoms with Gasteiger partial charge in [0.25, 0.3) is 0 Å². The molecular formula is C11H16N2. The fraction of sp³-hybridized carbons (Fsp3) is 0.364. The van der Waals surface area contributed by atoms with Crippen LogP contribution in [0.5, 0.6) is 0 Å². The summed E-state index contributed by atoms with van der Waals surface area (Å²) >= 11 is 0. The van der Waals surface area contributed by atoms with E-state index >= 15 is 0 Å². The number of aliphatic imine (C=N–C) groups is 1. The molecule has 1 heterocycles. The lowest BCUT2D eigenvalue weighted by atomic mass is 10.1. The summed E-state index contributed by atoms with van der Waals surface area (Å²) < 4.78 is 0. The van der Waals surface area contributed by atoms with Crippen LogP contribution < -0.4 is 0 Å². The predicted molar refractivity (Wildman–Crippen MR) is 57.5 cm³/mol. The standard InChI is InChI=1S/C11H16N2/c1-5-12-11-7-8-13(6-2)10(4)9(11)3/h5-7H,2,8H2,1,3-4H3. The zero-order valence-corrected chi connectivity index (χ0v) is 8.54. The van der Waals surface area contributed by atoms with E-state index in [1.165, 1.54) is 11.3 Å². The molecule has 0 N–H and O–H groups in total. The van der Waals surface area contributed by atoms with E-state index in [9.17, 15) is 0 Å². The van der Waals surface area contributed by atoms with E-state index in [0.29, 0.717) is 0 Å². The van der Waals surface area contributed by atoms with Crippen molar-refractivity contribution in [2.24, 2.45) is 4.99 Å². The zero-order valence-electron chi connectivity index (χ0n) is 8.54. The summed E-state index contributed by atoms with van der Waals surface area (Å²) in [6.07, 6.45) is 5.79. The molecule has 0 saturated heterocycles. The van der Waals surface area contributed by atoms with E-state index in [1.54, 1.807) is 0 Å². The highest BCUT2D eigenvalue weighted by molar-refractivity contribution is 5.57. The molecule has 0 aromatic rings. The van der Waals surface area contributed by atoms with Gasteiger partial charge in [-0.1, -0.05) is 6.58 Å². The van der Waals surface area contributed by atoms with Crippen LogP contribution in [0.2, 0.25) is 0 Å². The first-order chi connectivity index (χ1) is 6.20. The fourth-order valence-corrected chi connectivity index (χ4v) is 1.38. The smallest absolute Gasteiger partial charge is 0.0649 e. The molecule has 0 unspecified atom stereocenters. The third-order valence-corrected chi connectivity index (χ3v) is 2.33. The van der Waals surface area contributed by atoms with Crippen molar-refractivity contribution in [2.45, 2.75) is 20.8 Å². The van der Waals surface area contributed by atoms with Gasteiger partial charge in [0.15, 0.2) is 0 Å². The Morgan fingerprint density at radius 3 is 2.77 bits per heavy atom. The van der Waals surface area contributed by atoms with E-state index < -0.39 is 0 Å². The van der Waals surface area contributed by atoms with Gasteiger partial charge in [-0.15, -0.1) is 0 Å². The fourth-order valence-electron chi connectivity index (χ4n) is 1.38. The summed E-state index contributed by atoms with van der Waals surface area (Å²) in [5.74, 6) is 0. The highest BCUT2D eigenvalue weighted by atomic mass is 15.1. The molecule has 1 aliphatic rings.